The number of allylic oxidation sites excluding steroid dienone is 1. The molecule has 0 aromatic rings. The molecular weight excluding hydrogens is 100 g/mol. The molecule has 0 aliphatic rings. The number of rotatable bonds is 2. The number of hydrogen-bond donors (Lipinski definition) is 0. The van der Waals surface area contributed by atoms with Crippen LogP contribution in [-0.4, -0.2) is 25.7 Å². The maximum absolute atomic E-state index is 3.70. The molecule has 0 aromatic carbocycles. The van der Waals surface area contributed by atoms with Crippen LogP contribution in [0.1, 0.15) is 6.92 Å². The fraction of sp³-hybridized carbons (Fsp3) is 0.500. The normalized spacial score (nSPS) is 11.1. The monoisotopic (exact) mass is 112 g/mol. The number of hydrogen-bond acceptors (Lipinski definition) is 2. The first-order chi connectivity index (χ1) is 3.66. The van der Waals surface area contributed by atoms with Crippen molar-refractivity contribution in [1.82, 2.24) is 4.90 Å². The van der Waals surface area contributed by atoms with E-state index in [-0.39, 0.29) is 0 Å². The zero-order chi connectivity index (χ0) is 6.57. The molecule has 0 aromatic heterocycles. The molecule has 0 saturated heterocycles. The fourth-order valence-electron chi connectivity index (χ4n) is 0.414. The molecule has 0 saturated carbocycles. The first-order valence-corrected chi connectivity index (χ1v) is 2.48. The number of nitrogens with zero attached hydrogens (tertiary/aromatic N) is 2. The van der Waals surface area contributed by atoms with Gasteiger partial charge in [-0.2, -0.15) is 0 Å². The summed E-state index contributed by atoms with van der Waals surface area (Å²) in [5.41, 5.74) is 0.940. The molecule has 0 N–H and O–H groups in total. The van der Waals surface area contributed by atoms with Gasteiger partial charge in [0.2, 0.25) is 0 Å². The van der Waals surface area contributed by atoms with Crippen LogP contribution in [0.4, 0.5) is 0 Å². The molecule has 8 heavy (non-hydrogen) atoms. The SMILES string of the molecule is C=NC(C)=CN(C)C. The van der Waals surface area contributed by atoms with Gasteiger partial charge in [-0.3, -0.25) is 4.99 Å². The topological polar surface area (TPSA) is 15.6 Å². The Kier molecular flexibility index (Phi) is 2.92. The summed E-state index contributed by atoms with van der Waals surface area (Å²) in [5, 5.41) is 0. The fourth-order valence-corrected chi connectivity index (χ4v) is 0.414. The highest BCUT2D eigenvalue weighted by Crippen LogP contribution is 1.91. The molecule has 46 valence electrons. The Labute approximate surface area is 50.5 Å². The Morgan fingerprint density at radius 1 is 1.62 bits per heavy atom. The smallest absolute Gasteiger partial charge is 0.0523 e. The molecule has 0 heterocycles. The van der Waals surface area contributed by atoms with E-state index in [2.05, 4.69) is 11.7 Å². The molecule has 2 heteroatoms. The van der Waals surface area contributed by atoms with Gasteiger partial charge in [0.25, 0.3) is 0 Å². The van der Waals surface area contributed by atoms with Crippen molar-refractivity contribution in [1.29, 1.82) is 0 Å². The van der Waals surface area contributed by atoms with Gasteiger partial charge in [0, 0.05) is 20.3 Å². The minimum Gasteiger partial charge on any atom is -0.382 e. The van der Waals surface area contributed by atoms with E-state index < -0.39 is 0 Å². The minimum atomic E-state index is 0.940. The Bertz CT molecular complexity index is 103. The van der Waals surface area contributed by atoms with Crippen molar-refractivity contribution in [2.24, 2.45) is 4.99 Å². The third-order valence-corrected chi connectivity index (χ3v) is 0.694. The van der Waals surface area contributed by atoms with Gasteiger partial charge in [-0.1, -0.05) is 0 Å². The average molecular weight is 112 g/mol. The van der Waals surface area contributed by atoms with Crippen LogP contribution < -0.4 is 0 Å². The average Bonchev–Trinajstić information content (AvgIpc) is 1.65. The first-order valence-electron chi connectivity index (χ1n) is 2.48. The largest absolute Gasteiger partial charge is 0.382 e. The van der Waals surface area contributed by atoms with Crippen LogP contribution in [0.15, 0.2) is 16.9 Å². The van der Waals surface area contributed by atoms with E-state index in [0.29, 0.717) is 0 Å². The van der Waals surface area contributed by atoms with E-state index in [0.717, 1.165) is 5.70 Å². The molecule has 0 atom stereocenters. The standard InChI is InChI=1S/C6H12N2/c1-6(7-2)5-8(3)4/h5H,2H2,1,3-4H3. The second-order valence-corrected chi connectivity index (χ2v) is 1.89. The molecule has 0 amide bonds. The molecule has 0 aliphatic heterocycles. The van der Waals surface area contributed by atoms with Gasteiger partial charge in [-0.15, -0.1) is 0 Å². The Hall–Kier alpha value is -0.790. The summed E-state index contributed by atoms with van der Waals surface area (Å²) in [6, 6.07) is 0. The van der Waals surface area contributed by atoms with Crippen molar-refractivity contribution in [3.8, 4) is 0 Å². The highest BCUT2D eigenvalue weighted by atomic mass is 15.0. The second-order valence-electron chi connectivity index (χ2n) is 1.89. The second kappa shape index (κ2) is 3.24. The van der Waals surface area contributed by atoms with Gasteiger partial charge in [-0.05, 0) is 13.6 Å². The van der Waals surface area contributed by atoms with Crippen molar-refractivity contribution in [2.45, 2.75) is 6.92 Å². The molecule has 2 nitrogen and oxygen atoms in total. The summed E-state index contributed by atoms with van der Waals surface area (Å²) in [4.78, 5) is 5.63. The molecule has 0 spiro atoms. The van der Waals surface area contributed by atoms with E-state index in [1.165, 1.54) is 0 Å². The van der Waals surface area contributed by atoms with Gasteiger partial charge in [-0.25, -0.2) is 0 Å². The van der Waals surface area contributed by atoms with E-state index in [4.69, 9.17) is 0 Å². The third kappa shape index (κ3) is 3.40. The summed E-state index contributed by atoms with van der Waals surface area (Å²) < 4.78 is 0. The quantitative estimate of drug-likeness (QED) is 0.488. The van der Waals surface area contributed by atoms with Crippen LogP contribution >= 0.6 is 0 Å². The van der Waals surface area contributed by atoms with E-state index in [1.54, 1.807) is 0 Å². The van der Waals surface area contributed by atoms with E-state index >= 15 is 0 Å². The van der Waals surface area contributed by atoms with Gasteiger partial charge in [0.05, 0.1) is 5.70 Å². The van der Waals surface area contributed by atoms with Crippen LogP contribution in [-0.2, 0) is 0 Å². The van der Waals surface area contributed by atoms with E-state index in [9.17, 15) is 0 Å². The molecule has 0 rings (SSSR count). The van der Waals surface area contributed by atoms with Crippen LogP contribution in [0.5, 0.6) is 0 Å². The number of aliphatic imine (C=N–C) groups is 1. The summed E-state index contributed by atoms with van der Waals surface area (Å²) >= 11 is 0. The predicted molar refractivity (Wildman–Crippen MR) is 37.0 cm³/mol. The van der Waals surface area contributed by atoms with E-state index in [1.807, 2.05) is 32.1 Å². The predicted octanol–water partition coefficient (Wildman–Crippen LogP) is 1.11. The van der Waals surface area contributed by atoms with Gasteiger partial charge in [0.15, 0.2) is 0 Å². The maximum atomic E-state index is 3.70. The summed E-state index contributed by atoms with van der Waals surface area (Å²) in [6.07, 6.45) is 1.91. The van der Waals surface area contributed by atoms with Crippen LogP contribution in [0.2, 0.25) is 0 Å². The lowest BCUT2D eigenvalue weighted by molar-refractivity contribution is 0.557. The van der Waals surface area contributed by atoms with Crippen molar-refractivity contribution >= 4 is 6.72 Å². The summed E-state index contributed by atoms with van der Waals surface area (Å²) in [7, 11) is 3.91. The third-order valence-electron chi connectivity index (χ3n) is 0.694. The summed E-state index contributed by atoms with van der Waals surface area (Å²) in [5.74, 6) is 0. The zero-order valence-corrected chi connectivity index (χ0v) is 5.68. The van der Waals surface area contributed by atoms with Crippen LogP contribution in [0, 0.1) is 0 Å². The Balaban J connectivity index is 3.74. The van der Waals surface area contributed by atoms with Gasteiger partial charge < -0.3 is 4.90 Å². The summed E-state index contributed by atoms with van der Waals surface area (Å²) in [6.45, 7) is 5.28. The minimum absolute atomic E-state index is 0.940. The maximum Gasteiger partial charge on any atom is 0.0523 e. The molecule has 0 fully saturated rings. The highest BCUT2D eigenvalue weighted by molar-refractivity contribution is 5.27. The molecule has 0 unspecified atom stereocenters. The van der Waals surface area contributed by atoms with Gasteiger partial charge >= 0.3 is 0 Å². The lowest BCUT2D eigenvalue weighted by atomic mass is 10.5. The van der Waals surface area contributed by atoms with Crippen molar-refractivity contribution in [3.05, 3.63) is 11.9 Å². The lowest BCUT2D eigenvalue weighted by Crippen LogP contribution is -2.00. The molecule has 0 bridgehead atoms. The van der Waals surface area contributed by atoms with Crippen molar-refractivity contribution in [3.63, 3.8) is 0 Å². The molecule has 0 radical (unpaired) electrons. The highest BCUT2D eigenvalue weighted by Gasteiger charge is 1.79. The van der Waals surface area contributed by atoms with Crippen LogP contribution in [0.3, 0.4) is 0 Å². The van der Waals surface area contributed by atoms with Crippen LogP contribution in [0.25, 0.3) is 0 Å². The zero-order valence-electron chi connectivity index (χ0n) is 5.68. The Morgan fingerprint density at radius 2 is 2.12 bits per heavy atom. The molecular formula is C6H12N2. The first kappa shape index (κ1) is 7.21. The lowest BCUT2D eigenvalue weighted by Gasteiger charge is -2.03. The Morgan fingerprint density at radius 3 is 2.25 bits per heavy atom. The van der Waals surface area contributed by atoms with Crippen molar-refractivity contribution < 1.29 is 0 Å². The molecule has 0 aliphatic carbocycles. The van der Waals surface area contributed by atoms with Gasteiger partial charge in [0.1, 0.15) is 0 Å². The van der Waals surface area contributed by atoms with Crippen molar-refractivity contribution in [2.75, 3.05) is 14.1 Å².